The van der Waals surface area contributed by atoms with Crippen molar-refractivity contribution in [3.63, 3.8) is 0 Å². The number of rotatable bonds is 7. The Hall–Kier alpha value is -3.68. The molecule has 8 nitrogen and oxygen atoms in total. The van der Waals surface area contributed by atoms with Crippen molar-refractivity contribution in [1.82, 2.24) is 15.5 Å². The van der Waals surface area contributed by atoms with Gasteiger partial charge in [0.15, 0.2) is 6.61 Å². The van der Waals surface area contributed by atoms with Crippen LogP contribution >= 0.6 is 0 Å². The highest BCUT2D eigenvalue weighted by molar-refractivity contribution is 5.95. The summed E-state index contributed by atoms with van der Waals surface area (Å²) in [6.07, 6.45) is 0. The summed E-state index contributed by atoms with van der Waals surface area (Å²) in [4.78, 5) is 27.8. The molecule has 0 spiro atoms. The second kappa shape index (κ2) is 8.61. The zero-order valence-electron chi connectivity index (χ0n) is 14.5. The fraction of sp³-hybridized carbons (Fsp3) is 0.158. The maximum atomic E-state index is 11.9. The zero-order valence-corrected chi connectivity index (χ0v) is 14.5. The van der Waals surface area contributed by atoms with E-state index in [1.807, 2.05) is 6.07 Å². The molecule has 0 unspecified atom stereocenters. The van der Waals surface area contributed by atoms with Crippen LogP contribution in [-0.4, -0.2) is 35.7 Å². The number of benzene rings is 2. The van der Waals surface area contributed by atoms with Crippen LogP contribution in [0.5, 0.6) is 5.75 Å². The van der Waals surface area contributed by atoms with Gasteiger partial charge in [0.2, 0.25) is 5.82 Å². The van der Waals surface area contributed by atoms with Crippen LogP contribution in [0.3, 0.4) is 0 Å². The van der Waals surface area contributed by atoms with Gasteiger partial charge in [-0.15, -0.1) is 0 Å². The van der Waals surface area contributed by atoms with Crippen LogP contribution in [0.2, 0.25) is 0 Å². The Labute approximate surface area is 155 Å². The first kappa shape index (κ1) is 18.1. The fourth-order valence-electron chi connectivity index (χ4n) is 2.23. The number of carbonyl (C=O) groups excluding carboxylic acids is 2. The SMILES string of the molecule is COc1cccc(-c2noc(COC(=O)CNC(=O)c3ccccc3)n2)c1. The number of hydrogen-bond donors (Lipinski definition) is 1. The van der Waals surface area contributed by atoms with Gasteiger partial charge in [-0.2, -0.15) is 4.98 Å². The Morgan fingerprint density at radius 3 is 2.70 bits per heavy atom. The van der Waals surface area contributed by atoms with Gasteiger partial charge < -0.3 is 19.3 Å². The number of hydrogen-bond acceptors (Lipinski definition) is 7. The smallest absolute Gasteiger partial charge is 0.325 e. The number of methoxy groups -OCH3 is 1. The van der Waals surface area contributed by atoms with Gasteiger partial charge in [-0.25, -0.2) is 0 Å². The predicted molar refractivity (Wildman–Crippen MR) is 94.9 cm³/mol. The Morgan fingerprint density at radius 2 is 1.93 bits per heavy atom. The molecule has 0 fully saturated rings. The molecule has 8 heteroatoms. The highest BCUT2D eigenvalue weighted by Gasteiger charge is 2.13. The number of amides is 1. The van der Waals surface area contributed by atoms with Crippen molar-refractivity contribution in [3.05, 3.63) is 66.1 Å². The summed E-state index contributed by atoms with van der Waals surface area (Å²) >= 11 is 0. The molecule has 1 N–H and O–H groups in total. The first-order valence-corrected chi connectivity index (χ1v) is 8.11. The molecule has 3 rings (SSSR count). The minimum atomic E-state index is -0.611. The van der Waals surface area contributed by atoms with E-state index in [-0.39, 0.29) is 24.9 Å². The van der Waals surface area contributed by atoms with Crippen LogP contribution in [0.15, 0.2) is 59.1 Å². The lowest BCUT2D eigenvalue weighted by Crippen LogP contribution is -2.30. The van der Waals surface area contributed by atoms with Gasteiger partial charge >= 0.3 is 5.97 Å². The summed E-state index contributed by atoms with van der Waals surface area (Å²) in [5.41, 5.74) is 1.18. The highest BCUT2D eigenvalue weighted by atomic mass is 16.6. The molecule has 0 bridgehead atoms. The van der Waals surface area contributed by atoms with E-state index in [2.05, 4.69) is 15.5 Å². The van der Waals surface area contributed by atoms with E-state index in [1.54, 1.807) is 55.6 Å². The normalized spacial score (nSPS) is 10.3. The van der Waals surface area contributed by atoms with Crippen LogP contribution in [-0.2, 0) is 16.1 Å². The Kier molecular flexibility index (Phi) is 5.78. The lowest BCUT2D eigenvalue weighted by Gasteiger charge is -2.04. The van der Waals surface area contributed by atoms with Gasteiger partial charge in [0.25, 0.3) is 11.8 Å². The number of esters is 1. The summed E-state index contributed by atoms with van der Waals surface area (Å²) in [6, 6.07) is 15.8. The first-order valence-electron chi connectivity index (χ1n) is 8.11. The molecule has 138 valence electrons. The molecule has 1 heterocycles. The molecule has 0 aliphatic rings. The van der Waals surface area contributed by atoms with Crippen LogP contribution in [0.1, 0.15) is 16.2 Å². The van der Waals surface area contributed by atoms with Crippen molar-refractivity contribution in [3.8, 4) is 17.1 Å². The molecule has 27 heavy (non-hydrogen) atoms. The third-order valence-corrected chi connectivity index (χ3v) is 3.58. The number of nitrogens with one attached hydrogen (secondary N) is 1. The van der Waals surface area contributed by atoms with Gasteiger partial charge in [-0.1, -0.05) is 35.5 Å². The van der Waals surface area contributed by atoms with E-state index in [1.165, 1.54) is 0 Å². The van der Waals surface area contributed by atoms with Crippen LogP contribution in [0, 0.1) is 0 Å². The van der Waals surface area contributed by atoms with Crippen molar-refractivity contribution in [2.75, 3.05) is 13.7 Å². The second-order valence-electron chi connectivity index (χ2n) is 5.45. The quantitative estimate of drug-likeness (QED) is 0.639. The molecule has 0 saturated carbocycles. The summed E-state index contributed by atoms with van der Waals surface area (Å²) in [5.74, 6) is 0.207. The third kappa shape index (κ3) is 4.91. The van der Waals surface area contributed by atoms with E-state index < -0.39 is 5.97 Å². The molecular weight excluding hydrogens is 350 g/mol. The zero-order chi connectivity index (χ0) is 19.1. The summed E-state index contributed by atoms with van der Waals surface area (Å²) < 4.78 is 15.3. The molecule has 0 radical (unpaired) electrons. The lowest BCUT2D eigenvalue weighted by atomic mass is 10.2. The van der Waals surface area contributed by atoms with Crippen molar-refractivity contribution in [2.45, 2.75) is 6.61 Å². The molecule has 1 amide bonds. The van der Waals surface area contributed by atoms with E-state index in [0.29, 0.717) is 22.7 Å². The molecule has 3 aromatic rings. The maximum absolute atomic E-state index is 11.9. The monoisotopic (exact) mass is 367 g/mol. The first-order chi connectivity index (χ1) is 13.2. The maximum Gasteiger partial charge on any atom is 0.325 e. The van der Waals surface area contributed by atoms with Crippen molar-refractivity contribution in [2.24, 2.45) is 0 Å². The number of nitrogens with zero attached hydrogens (tertiary/aromatic N) is 2. The van der Waals surface area contributed by atoms with E-state index in [9.17, 15) is 9.59 Å². The average molecular weight is 367 g/mol. The van der Waals surface area contributed by atoms with Crippen LogP contribution < -0.4 is 10.1 Å². The fourth-order valence-corrected chi connectivity index (χ4v) is 2.23. The van der Waals surface area contributed by atoms with Gasteiger partial charge in [-0.3, -0.25) is 9.59 Å². The Bertz CT molecular complexity index is 924. The average Bonchev–Trinajstić information content (AvgIpc) is 3.20. The molecule has 0 saturated heterocycles. The minimum absolute atomic E-state index is 0.149. The van der Waals surface area contributed by atoms with Gasteiger partial charge in [0, 0.05) is 11.1 Å². The summed E-state index contributed by atoms with van der Waals surface area (Å²) in [7, 11) is 1.57. The molecule has 0 atom stereocenters. The lowest BCUT2D eigenvalue weighted by molar-refractivity contribution is -0.144. The largest absolute Gasteiger partial charge is 0.497 e. The van der Waals surface area contributed by atoms with E-state index in [0.717, 1.165) is 0 Å². The van der Waals surface area contributed by atoms with Crippen molar-refractivity contribution < 1.29 is 23.6 Å². The van der Waals surface area contributed by atoms with Crippen molar-refractivity contribution >= 4 is 11.9 Å². The van der Waals surface area contributed by atoms with Gasteiger partial charge in [0.05, 0.1) is 7.11 Å². The van der Waals surface area contributed by atoms with Crippen LogP contribution in [0.4, 0.5) is 0 Å². The molecule has 2 aromatic carbocycles. The van der Waals surface area contributed by atoms with Crippen LogP contribution in [0.25, 0.3) is 11.4 Å². The molecule has 0 aliphatic carbocycles. The topological polar surface area (TPSA) is 104 Å². The number of aromatic nitrogens is 2. The second-order valence-corrected chi connectivity index (χ2v) is 5.45. The molecular formula is C19H17N3O5. The van der Waals surface area contributed by atoms with Gasteiger partial charge in [0.1, 0.15) is 12.3 Å². The van der Waals surface area contributed by atoms with Crippen molar-refractivity contribution in [1.29, 1.82) is 0 Å². The number of ether oxygens (including phenoxy) is 2. The van der Waals surface area contributed by atoms with E-state index >= 15 is 0 Å². The van der Waals surface area contributed by atoms with Gasteiger partial charge in [-0.05, 0) is 24.3 Å². The summed E-state index contributed by atoms with van der Waals surface area (Å²) in [6.45, 7) is -0.443. The van der Waals surface area contributed by atoms with E-state index in [4.69, 9.17) is 14.0 Å². The third-order valence-electron chi connectivity index (χ3n) is 3.58. The standard InChI is InChI=1S/C19H17N3O5/c1-25-15-9-5-8-14(10-15)18-21-16(27-22-18)12-26-17(23)11-20-19(24)13-6-3-2-4-7-13/h2-10H,11-12H2,1H3,(H,20,24). The highest BCUT2D eigenvalue weighted by Crippen LogP contribution is 2.21. The summed E-state index contributed by atoms with van der Waals surface area (Å²) in [5, 5.41) is 6.34. The minimum Gasteiger partial charge on any atom is -0.497 e. The Morgan fingerprint density at radius 1 is 1.11 bits per heavy atom. The predicted octanol–water partition coefficient (Wildman–Crippen LogP) is 2.22. The molecule has 1 aromatic heterocycles. The molecule has 0 aliphatic heterocycles. The number of carbonyl (C=O) groups is 2. The Balaban J connectivity index is 1.49.